The Morgan fingerprint density at radius 2 is 1.35 bits per heavy atom. The molecular formula is C20H27NO2. The standard InChI is InChI=1S/C20H27NO2/c1-15(2)22-19-10-8-17(9-11-19)13-21-14-18-6-5-7-20(12-18)23-16(3)4/h5-12,15-16,21H,13-14H2,1-4H3. The lowest BCUT2D eigenvalue weighted by Crippen LogP contribution is -2.13. The molecule has 0 radical (unpaired) electrons. The molecular weight excluding hydrogens is 286 g/mol. The van der Waals surface area contributed by atoms with Gasteiger partial charge in [0.1, 0.15) is 11.5 Å². The first-order valence-corrected chi connectivity index (χ1v) is 8.25. The molecule has 2 aromatic carbocycles. The van der Waals surface area contributed by atoms with E-state index in [1.54, 1.807) is 0 Å². The minimum Gasteiger partial charge on any atom is -0.491 e. The molecule has 23 heavy (non-hydrogen) atoms. The quantitative estimate of drug-likeness (QED) is 0.775. The molecule has 0 aliphatic carbocycles. The molecule has 124 valence electrons. The van der Waals surface area contributed by atoms with Crippen molar-refractivity contribution >= 4 is 0 Å². The van der Waals surface area contributed by atoms with Gasteiger partial charge in [-0.25, -0.2) is 0 Å². The summed E-state index contributed by atoms with van der Waals surface area (Å²) in [4.78, 5) is 0. The minimum atomic E-state index is 0.199. The van der Waals surface area contributed by atoms with Crippen LogP contribution in [0, 0.1) is 0 Å². The van der Waals surface area contributed by atoms with E-state index >= 15 is 0 Å². The largest absolute Gasteiger partial charge is 0.491 e. The Morgan fingerprint density at radius 3 is 2.00 bits per heavy atom. The lowest BCUT2D eigenvalue weighted by molar-refractivity contribution is 0.242. The van der Waals surface area contributed by atoms with Crippen LogP contribution < -0.4 is 14.8 Å². The second-order valence-electron chi connectivity index (χ2n) is 6.23. The molecule has 0 fully saturated rings. The molecule has 0 bridgehead atoms. The van der Waals surface area contributed by atoms with Crippen LogP contribution in [0.3, 0.4) is 0 Å². The zero-order valence-corrected chi connectivity index (χ0v) is 14.5. The maximum Gasteiger partial charge on any atom is 0.120 e. The molecule has 0 aliphatic heterocycles. The fraction of sp³-hybridized carbons (Fsp3) is 0.400. The van der Waals surface area contributed by atoms with Crippen LogP contribution in [-0.4, -0.2) is 12.2 Å². The highest BCUT2D eigenvalue weighted by Gasteiger charge is 2.01. The van der Waals surface area contributed by atoms with Crippen molar-refractivity contribution in [1.29, 1.82) is 0 Å². The number of hydrogen-bond donors (Lipinski definition) is 1. The topological polar surface area (TPSA) is 30.5 Å². The van der Waals surface area contributed by atoms with E-state index in [-0.39, 0.29) is 12.2 Å². The summed E-state index contributed by atoms with van der Waals surface area (Å²) in [5.41, 5.74) is 2.47. The van der Waals surface area contributed by atoms with Gasteiger partial charge in [-0.3, -0.25) is 0 Å². The fourth-order valence-electron chi connectivity index (χ4n) is 2.31. The van der Waals surface area contributed by atoms with Crippen LogP contribution in [0.1, 0.15) is 38.8 Å². The smallest absolute Gasteiger partial charge is 0.120 e. The summed E-state index contributed by atoms with van der Waals surface area (Å²) >= 11 is 0. The number of hydrogen-bond acceptors (Lipinski definition) is 3. The predicted molar refractivity (Wildman–Crippen MR) is 95.0 cm³/mol. The van der Waals surface area contributed by atoms with Crippen molar-refractivity contribution in [3.05, 3.63) is 59.7 Å². The minimum absolute atomic E-state index is 0.199. The van der Waals surface area contributed by atoms with Gasteiger partial charge in [-0.15, -0.1) is 0 Å². The zero-order chi connectivity index (χ0) is 16.7. The number of rotatable bonds is 8. The van der Waals surface area contributed by atoms with Gasteiger partial charge in [-0.1, -0.05) is 24.3 Å². The summed E-state index contributed by atoms with van der Waals surface area (Å²) in [6, 6.07) is 16.5. The van der Waals surface area contributed by atoms with Gasteiger partial charge in [0, 0.05) is 13.1 Å². The second-order valence-corrected chi connectivity index (χ2v) is 6.23. The van der Waals surface area contributed by atoms with Gasteiger partial charge in [-0.05, 0) is 63.1 Å². The zero-order valence-electron chi connectivity index (χ0n) is 14.5. The Labute approximate surface area is 139 Å². The Morgan fingerprint density at radius 1 is 0.739 bits per heavy atom. The monoisotopic (exact) mass is 313 g/mol. The molecule has 0 saturated heterocycles. The molecule has 0 atom stereocenters. The van der Waals surface area contributed by atoms with E-state index in [4.69, 9.17) is 9.47 Å². The molecule has 3 nitrogen and oxygen atoms in total. The van der Waals surface area contributed by atoms with Crippen LogP contribution in [0.15, 0.2) is 48.5 Å². The SMILES string of the molecule is CC(C)Oc1ccc(CNCc2cccc(OC(C)C)c2)cc1. The predicted octanol–water partition coefficient (Wildman–Crippen LogP) is 4.55. The van der Waals surface area contributed by atoms with E-state index in [2.05, 4.69) is 29.6 Å². The third-order valence-corrected chi connectivity index (χ3v) is 3.22. The summed E-state index contributed by atoms with van der Waals surface area (Å²) < 4.78 is 11.4. The van der Waals surface area contributed by atoms with Crippen molar-refractivity contribution < 1.29 is 9.47 Å². The highest BCUT2D eigenvalue weighted by Crippen LogP contribution is 2.16. The molecule has 2 rings (SSSR count). The first-order chi connectivity index (χ1) is 11.0. The third kappa shape index (κ3) is 6.33. The molecule has 0 aromatic heterocycles. The normalized spacial score (nSPS) is 11.0. The highest BCUT2D eigenvalue weighted by molar-refractivity contribution is 5.29. The van der Waals surface area contributed by atoms with Crippen molar-refractivity contribution in [3.8, 4) is 11.5 Å². The van der Waals surface area contributed by atoms with Crippen LogP contribution in [0.4, 0.5) is 0 Å². The summed E-state index contributed by atoms with van der Waals surface area (Å²) in [5.74, 6) is 1.84. The molecule has 0 spiro atoms. The van der Waals surface area contributed by atoms with Gasteiger partial charge in [0.15, 0.2) is 0 Å². The molecule has 0 saturated carbocycles. The maximum atomic E-state index is 5.72. The molecule has 0 unspecified atom stereocenters. The molecule has 2 aromatic rings. The van der Waals surface area contributed by atoms with Crippen molar-refractivity contribution in [2.24, 2.45) is 0 Å². The molecule has 3 heteroatoms. The summed E-state index contributed by atoms with van der Waals surface area (Å²) in [5, 5.41) is 3.46. The van der Waals surface area contributed by atoms with Crippen molar-refractivity contribution in [2.75, 3.05) is 0 Å². The van der Waals surface area contributed by atoms with Crippen LogP contribution in [-0.2, 0) is 13.1 Å². The molecule has 0 aliphatic rings. The summed E-state index contributed by atoms with van der Waals surface area (Å²) in [6.45, 7) is 9.80. The van der Waals surface area contributed by atoms with Crippen LogP contribution >= 0.6 is 0 Å². The number of nitrogens with one attached hydrogen (secondary N) is 1. The van der Waals surface area contributed by atoms with E-state index in [1.165, 1.54) is 11.1 Å². The van der Waals surface area contributed by atoms with Crippen molar-refractivity contribution in [2.45, 2.75) is 53.0 Å². The highest BCUT2D eigenvalue weighted by atomic mass is 16.5. The van der Waals surface area contributed by atoms with Crippen LogP contribution in [0.25, 0.3) is 0 Å². The van der Waals surface area contributed by atoms with Gasteiger partial charge < -0.3 is 14.8 Å². The Bertz CT molecular complexity index is 591. The van der Waals surface area contributed by atoms with Crippen LogP contribution in [0.2, 0.25) is 0 Å². The first-order valence-electron chi connectivity index (χ1n) is 8.25. The van der Waals surface area contributed by atoms with E-state index in [9.17, 15) is 0 Å². The van der Waals surface area contributed by atoms with E-state index in [1.807, 2.05) is 52.0 Å². The second kappa shape index (κ2) is 8.59. The summed E-state index contributed by atoms with van der Waals surface area (Å²) in [6.07, 6.45) is 0.407. The maximum absolute atomic E-state index is 5.72. The number of ether oxygens (including phenoxy) is 2. The van der Waals surface area contributed by atoms with Crippen molar-refractivity contribution in [1.82, 2.24) is 5.32 Å². The van der Waals surface area contributed by atoms with Gasteiger partial charge in [0.2, 0.25) is 0 Å². The first kappa shape index (κ1) is 17.4. The van der Waals surface area contributed by atoms with E-state index in [0.717, 1.165) is 24.6 Å². The Kier molecular flexibility index (Phi) is 6.48. The Hall–Kier alpha value is -2.00. The van der Waals surface area contributed by atoms with Gasteiger partial charge in [0.05, 0.1) is 12.2 Å². The van der Waals surface area contributed by atoms with Crippen LogP contribution in [0.5, 0.6) is 11.5 Å². The van der Waals surface area contributed by atoms with Gasteiger partial charge in [0.25, 0.3) is 0 Å². The lowest BCUT2D eigenvalue weighted by Gasteiger charge is -2.12. The van der Waals surface area contributed by atoms with E-state index < -0.39 is 0 Å². The lowest BCUT2D eigenvalue weighted by atomic mass is 10.2. The summed E-state index contributed by atoms with van der Waals surface area (Å²) in [7, 11) is 0. The molecule has 0 amide bonds. The molecule has 0 heterocycles. The fourth-order valence-corrected chi connectivity index (χ4v) is 2.31. The van der Waals surface area contributed by atoms with Gasteiger partial charge in [-0.2, -0.15) is 0 Å². The average molecular weight is 313 g/mol. The Balaban J connectivity index is 1.82. The molecule has 1 N–H and O–H groups in total. The number of benzene rings is 2. The van der Waals surface area contributed by atoms with E-state index in [0.29, 0.717) is 0 Å². The van der Waals surface area contributed by atoms with Crippen molar-refractivity contribution in [3.63, 3.8) is 0 Å². The van der Waals surface area contributed by atoms with Gasteiger partial charge >= 0.3 is 0 Å². The average Bonchev–Trinajstić information content (AvgIpc) is 2.48. The third-order valence-electron chi connectivity index (χ3n) is 3.22.